The number of rotatable bonds is 4. The molecule has 1 saturated heterocycles. The predicted molar refractivity (Wildman–Crippen MR) is 53.7 cm³/mol. The van der Waals surface area contributed by atoms with Crippen molar-refractivity contribution in [2.24, 2.45) is 0 Å². The summed E-state index contributed by atoms with van der Waals surface area (Å²) in [5.41, 5.74) is 0. The van der Waals surface area contributed by atoms with Crippen LogP contribution in [-0.2, 0) is 9.53 Å². The molecule has 1 fully saturated rings. The largest absolute Gasteiger partial charge is 0.381 e. The Hall–Kier alpha value is -1.05. The molecule has 1 amide bonds. The second kappa shape index (κ2) is 6.41. The first-order chi connectivity index (χ1) is 6.83. The molecule has 0 bridgehead atoms. The number of carbonyl (C=O) groups excluding carboxylic acids is 1. The zero-order valence-corrected chi connectivity index (χ0v) is 8.21. The monoisotopic (exact) mass is 196 g/mol. The minimum absolute atomic E-state index is 0.00662. The molecule has 1 aliphatic rings. The molecule has 1 heterocycles. The first-order valence-corrected chi connectivity index (χ1v) is 4.84. The fourth-order valence-corrected chi connectivity index (χ4v) is 1.37. The minimum Gasteiger partial charge on any atom is -0.381 e. The number of nitrogens with one attached hydrogen (secondary N) is 2. The van der Waals surface area contributed by atoms with Gasteiger partial charge in [0.05, 0.1) is 13.1 Å². The van der Waals surface area contributed by atoms with Crippen LogP contribution in [0.1, 0.15) is 12.8 Å². The van der Waals surface area contributed by atoms with Crippen LogP contribution in [0.25, 0.3) is 0 Å². The lowest BCUT2D eigenvalue weighted by Crippen LogP contribution is -2.43. The fourth-order valence-electron chi connectivity index (χ4n) is 1.37. The standard InChI is InChI=1S/C10H16N2O2/c1-2-5-11-8-10(13)12-9-3-6-14-7-4-9/h1,9,11H,3-8H2,(H,12,13). The molecule has 0 atom stereocenters. The molecule has 0 saturated carbocycles. The molecule has 1 rings (SSSR count). The summed E-state index contributed by atoms with van der Waals surface area (Å²) >= 11 is 0. The van der Waals surface area contributed by atoms with Crippen LogP contribution in [0.15, 0.2) is 0 Å². The van der Waals surface area contributed by atoms with Crippen molar-refractivity contribution in [3.63, 3.8) is 0 Å². The van der Waals surface area contributed by atoms with E-state index in [1.54, 1.807) is 0 Å². The maximum Gasteiger partial charge on any atom is 0.234 e. The Labute approximate surface area is 84.4 Å². The quantitative estimate of drug-likeness (QED) is 0.471. The lowest BCUT2D eigenvalue weighted by molar-refractivity contribution is -0.121. The van der Waals surface area contributed by atoms with Crippen molar-refractivity contribution >= 4 is 5.91 Å². The molecule has 0 radical (unpaired) electrons. The lowest BCUT2D eigenvalue weighted by atomic mass is 10.1. The summed E-state index contributed by atoms with van der Waals surface area (Å²) in [7, 11) is 0. The molecule has 78 valence electrons. The van der Waals surface area contributed by atoms with E-state index < -0.39 is 0 Å². The van der Waals surface area contributed by atoms with Gasteiger partial charge in [-0.05, 0) is 12.8 Å². The second-order valence-electron chi connectivity index (χ2n) is 3.26. The van der Waals surface area contributed by atoms with Crippen molar-refractivity contribution in [3.05, 3.63) is 0 Å². The zero-order valence-electron chi connectivity index (χ0n) is 8.21. The molecular formula is C10H16N2O2. The summed E-state index contributed by atoms with van der Waals surface area (Å²) < 4.78 is 5.19. The Kier molecular flexibility index (Phi) is 5.05. The van der Waals surface area contributed by atoms with Gasteiger partial charge in [-0.2, -0.15) is 0 Å². The average Bonchev–Trinajstić information content (AvgIpc) is 2.20. The Morgan fingerprint density at radius 3 is 2.86 bits per heavy atom. The SMILES string of the molecule is C#CCNCC(=O)NC1CCOCC1. The van der Waals surface area contributed by atoms with Crippen molar-refractivity contribution in [1.82, 2.24) is 10.6 Å². The second-order valence-corrected chi connectivity index (χ2v) is 3.26. The van der Waals surface area contributed by atoms with Crippen LogP contribution in [0, 0.1) is 12.3 Å². The van der Waals surface area contributed by atoms with E-state index in [1.165, 1.54) is 0 Å². The van der Waals surface area contributed by atoms with Crippen LogP contribution in [0.4, 0.5) is 0 Å². The van der Waals surface area contributed by atoms with Gasteiger partial charge in [-0.25, -0.2) is 0 Å². The van der Waals surface area contributed by atoms with Gasteiger partial charge in [-0.1, -0.05) is 5.92 Å². The van der Waals surface area contributed by atoms with E-state index in [0.717, 1.165) is 26.1 Å². The number of amides is 1. The van der Waals surface area contributed by atoms with Crippen LogP contribution in [0.5, 0.6) is 0 Å². The summed E-state index contributed by atoms with van der Waals surface area (Å²) in [4.78, 5) is 11.3. The Morgan fingerprint density at radius 2 is 2.21 bits per heavy atom. The van der Waals surface area contributed by atoms with Crippen LogP contribution < -0.4 is 10.6 Å². The Balaban J connectivity index is 2.10. The highest BCUT2D eigenvalue weighted by atomic mass is 16.5. The van der Waals surface area contributed by atoms with E-state index in [2.05, 4.69) is 16.6 Å². The van der Waals surface area contributed by atoms with E-state index in [1.807, 2.05) is 0 Å². The van der Waals surface area contributed by atoms with Crippen molar-refractivity contribution in [2.75, 3.05) is 26.3 Å². The zero-order chi connectivity index (χ0) is 10.2. The van der Waals surface area contributed by atoms with Crippen LogP contribution in [0.2, 0.25) is 0 Å². The van der Waals surface area contributed by atoms with Crippen molar-refractivity contribution in [3.8, 4) is 12.3 Å². The smallest absolute Gasteiger partial charge is 0.234 e. The van der Waals surface area contributed by atoms with E-state index in [9.17, 15) is 4.79 Å². The van der Waals surface area contributed by atoms with E-state index in [0.29, 0.717) is 13.1 Å². The molecule has 4 nitrogen and oxygen atoms in total. The summed E-state index contributed by atoms with van der Waals surface area (Å²) in [5, 5.41) is 5.77. The highest BCUT2D eigenvalue weighted by Crippen LogP contribution is 2.05. The Bertz CT molecular complexity index is 217. The van der Waals surface area contributed by atoms with Gasteiger partial charge in [0.15, 0.2) is 0 Å². The summed E-state index contributed by atoms with van der Waals surface area (Å²) in [6.07, 6.45) is 6.85. The molecule has 1 aliphatic heterocycles. The number of ether oxygens (including phenoxy) is 1. The van der Waals surface area contributed by atoms with Gasteiger partial charge >= 0.3 is 0 Å². The van der Waals surface area contributed by atoms with Gasteiger partial charge in [0.25, 0.3) is 0 Å². The number of hydrogen-bond donors (Lipinski definition) is 2. The van der Waals surface area contributed by atoms with Crippen molar-refractivity contribution in [2.45, 2.75) is 18.9 Å². The fraction of sp³-hybridized carbons (Fsp3) is 0.700. The van der Waals surface area contributed by atoms with E-state index in [4.69, 9.17) is 11.2 Å². The highest BCUT2D eigenvalue weighted by Gasteiger charge is 2.15. The van der Waals surface area contributed by atoms with Gasteiger partial charge in [0.2, 0.25) is 5.91 Å². The first-order valence-electron chi connectivity index (χ1n) is 4.84. The topological polar surface area (TPSA) is 50.4 Å². The average molecular weight is 196 g/mol. The molecule has 0 aromatic carbocycles. The van der Waals surface area contributed by atoms with E-state index >= 15 is 0 Å². The molecule has 0 aromatic rings. The van der Waals surface area contributed by atoms with Gasteiger partial charge in [-0.3, -0.25) is 10.1 Å². The lowest BCUT2D eigenvalue weighted by Gasteiger charge is -2.23. The van der Waals surface area contributed by atoms with Gasteiger partial charge in [0, 0.05) is 19.3 Å². The third-order valence-corrected chi connectivity index (χ3v) is 2.10. The van der Waals surface area contributed by atoms with Gasteiger partial charge in [-0.15, -0.1) is 6.42 Å². The summed E-state index contributed by atoms with van der Waals surface area (Å²) in [6, 6.07) is 0.267. The molecule has 0 aromatic heterocycles. The third-order valence-electron chi connectivity index (χ3n) is 2.10. The maximum absolute atomic E-state index is 11.3. The normalized spacial score (nSPS) is 17.4. The number of terminal acetylenes is 1. The van der Waals surface area contributed by atoms with Crippen molar-refractivity contribution < 1.29 is 9.53 Å². The van der Waals surface area contributed by atoms with E-state index in [-0.39, 0.29) is 11.9 Å². The first kappa shape index (κ1) is 11.0. The van der Waals surface area contributed by atoms with Crippen LogP contribution in [0.3, 0.4) is 0 Å². The van der Waals surface area contributed by atoms with Crippen LogP contribution in [-0.4, -0.2) is 38.3 Å². The molecule has 0 spiro atoms. The Morgan fingerprint density at radius 1 is 1.50 bits per heavy atom. The molecular weight excluding hydrogens is 180 g/mol. The van der Waals surface area contributed by atoms with Gasteiger partial charge in [0.1, 0.15) is 0 Å². The number of carbonyl (C=O) groups is 1. The molecule has 0 unspecified atom stereocenters. The summed E-state index contributed by atoms with van der Waals surface area (Å²) in [5.74, 6) is 2.42. The summed E-state index contributed by atoms with van der Waals surface area (Å²) in [6.45, 7) is 2.20. The third kappa shape index (κ3) is 4.26. The number of hydrogen-bond acceptors (Lipinski definition) is 3. The highest BCUT2D eigenvalue weighted by molar-refractivity contribution is 5.78. The van der Waals surface area contributed by atoms with Gasteiger partial charge < -0.3 is 10.1 Å². The minimum atomic E-state index is 0.00662. The molecule has 14 heavy (non-hydrogen) atoms. The molecule has 4 heteroatoms. The maximum atomic E-state index is 11.3. The van der Waals surface area contributed by atoms with Crippen molar-refractivity contribution in [1.29, 1.82) is 0 Å². The molecule has 0 aliphatic carbocycles. The predicted octanol–water partition coefficient (Wildman–Crippen LogP) is -0.496. The molecule has 2 N–H and O–H groups in total. The van der Waals surface area contributed by atoms with Crippen LogP contribution >= 0.6 is 0 Å².